The molecule has 1 N–H and O–H groups in total. The maximum atomic E-state index is 13.8. The van der Waals surface area contributed by atoms with Gasteiger partial charge in [-0.1, -0.05) is 12.1 Å². The maximum absolute atomic E-state index is 13.8. The summed E-state index contributed by atoms with van der Waals surface area (Å²) in [5, 5.41) is 15.3. The van der Waals surface area contributed by atoms with Gasteiger partial charge in [0.25, 0.3) is 5.91 Å². The second-order valence-electron chi connectivity index (χ2n) is 8.26. The minimum absolute atomic E-state index is 0.143. The molecule has 5 rings (SSSR count). The van der Waals surface area contributed by atoms with Crippen molar-refractivity contribution in [2.45, 2.75) is 37.3 Å². The van der Waals surface area contributed by atoms with E-state index in [1.165, 1.54) is 22.8 Å². The molecule has 2 aliphatic heterocycles. The van der Waals surface area contributed by atoms with Crippen molar-refractivity contribution >= 4 is 17.4 Å². The van der Waals surface area contributed by atoms with Crippen LogP contribution in [0.4, 0.5) is 14.6 Å². The average molecular weight is 456 g/mol. The Morgan fingerprint density at radius 2 is 1.91 bits per heavy atom. The molecule has 0 spiro atoms. The molecular formula is C24H27F2N5O2. The molecule has 3 aromatic rings. The zero-order valence-electron chi connectivity index (χ0n) is 18.3. The van der Waals surface area contributed by atoms with Crippen LogP contribution in [-0.2, 0) is 4.79 Å². The Labute approximate surface area is 191 Å². The van der Waals surface area contributed by atoms with E-state index < -0.39 is 11.4 Å². The summed E-state index contributed by atoms with van der Waals surface area (Å²) in [4.78, 5) is 21.0. The fourth-order valence-corrected chi connectivity index (χ4v) is 4.75. The van der Waals surface area contributed by atoms with Crippen LogP contribution in [0.3, 0.4) is 0 Å². The van der Waals surface area contributed by atoms with Crippen LogP contribution in [0.15, 0.2) is 55.9 Å². The number of amides is 1. The van der Waals surface area contributed by atoms with Crippen molar-refractivity contribution in [1.29, 1.82) is 0 Å². The molecule has 2 aliphatic rings. The monoisotopic (exact) mass is 455 g/mol. The number of carbonyl (C=O) groups excluding carboxylic acids is 1. The van der Waals surface area contributed by atoms with E-state index in [9.17, 15) is 18.7 Å². The first-order chi connectivity index (χ1) is 16.0. The molecule has 0 saturated carbocycles. The van der Waals surface area contributed by atoms with E-state index in [1.807, 2.05) is 11.0 Å². The van der Waals surface area contributed by atoms with Crippen LogP contribution in [-0.4, -0.2) is 55.7 Å². The van der Waals surface area contributed by atoms with Crippen molar-refractivity contribution in [3.63, 3.8) is 0 Å². The molecule has 2 aromatic heterocycles. The first-order valence-electron chi connectivity index (χ1n) is 11.0. The van der Waals surface area contributed by atoms with Gasteiger partial charge in [0.1, 0.15) is 17.2 Å². The van der Waals surface area contributed by atoms with Crippen molar-refractivity contribution in [2.75, 3.05) is 24.5 Å². The fraction of sp³-hybridized carbons (Fsp3) is 0.375. The molecule has 0 radical (unpaired) electrons. The normalized spacial score (nSPS) is 19.9. The van der Waals surface area contributed by atoms with E-state index in [-0.39, 0.29) is 36.3 Å². The first kappa shape index (κ1) is 22.8. The molecule has 2 fully saturated rings. The summed E-state index contributed by atoms with van der Waals surface area (Å²) < 4.78 is 29.0. The summed E-state index contributed by atoms with van der Waals surface area (Å²) in [6, 6.07) is 7.83. The highest BCUT2D eigenvalue weighted by molar-refractivity contribution is 5.86. The predicted molar refractivity (Wildman–Crippen MR) is 121 cm³/mol. The van der Waals surface area contributed by atoms with Crippen LogP contribution < -0.4 is 4.90 Å². The number of halogens is 2. The second kappa shape index (κ2) is 9.27. The minimum atomic E-state index is -1.48. The Hall–Kier alpha value is -3.33. The molecule has 4 heterocycles. The Morgan fingerprint density at radius 1 is 1.15 bits per heavy atom. The van der Waals surface area contributed by atoms with Crippen LogP contribution in [0.1, 0.15) is 37.3 Å². The Morgan fingerprint density at radius 3 is 2.64 bits per heavy atom. The number of hydrogen-bond acceptors (Lipinski definition) is 5. The molecule has 174 valence electrons. The van der Waals surface area contributed by atoms with Gasteiger partial charge in [0.2, 0.25) is 0 Å². The van der Waals surface area contributed by atoms with Gasteiger partial charge in [0.15, 0.2) is 11.5 Å². The number of anilines is 1. The molecule has 7 nitrogen and oxygen atoms in total. The summed E-state index contributed by atoms with van der Waals surface area (Å²) in [6.45, 7) is 7.38. The van der Waals surface area contributed by atoms with Crippen LogP contribution >= 0.6 is 0 Å². The van der Waals surface area contributed by atoms with E-state index in [0.29, 0.717) is 25.5 Å². The quantitative estimate of drug-likeness (QED) is 0.612. The van der Waals surface area contributed by atoms with Crippen LogP contribution in [0.25, 0.3) is 5.65 Å². The molecule has 0 aliphatic carbocycles. The van der Waals surface area contributed by atoms with Gasteiger partial charge in [-0.2, -0.15) is 9.61 Å². The summed E-state index contributed by atoms with van der Waals surface area (Å²) in [5.41, 5.74) is -0.579. The largest absolute Gasteiger partial charge is 0.380 e. The molecule has 0 unspecified atom stereocenters. The standard InChI is InChI=1S/C22H23F2N5O2.C2H4/c23-16-4-1-3-15(13-16)18-5-2-10-28(18)21(30)22(31)7-11-27(12-8-22)19-6-9-25-20-17(24)14-26-29(19)20;1-2/h1,3-4,6,9,13-14,18,31H,2,5,7-8,10-12H2;1-2H2/t18-;/m0./s1. The summed E-state index contributed by atoms with van der Waals surface area (Å²) in [7, 11) is 0. The number of benzene rings is 1. The van der Waals surface area contributed by atoms with E-state index in [4.69, 9.17) is 0 Å². The lowest BCUT2D eigenvalue weighted by molar-refractivity contribution is -0.154. The Balaban J connectivity index is 0.00000126. The van der Waals surface area contributed by atoms with E-state index in [0.717, 1.165) is 24.6 Å². The van der Waals surface area contributed by atoms with Crippen molar-refractivity contribution in [3.05, 3.63) is 73.1 Å². The highest BCUT2D eigenvalue weighted by Crippen LogP contribution is 2.36. The summed E-state index contributed by atoms with van der Waals surface area (Å²) >= 11 is 0. The van der Waals surface area contributed by atoms with E-state index in [1.54, 1.807) is 17.0 Å². The smallest absolute Gasteiger partial charge is 0.255 e. The van der Waals surface area contributed by atoms with Gasteiger partial charge >= 0.3 is 0 Å². The lowest BCUT2D eigenvalue weighted by atomic mass is 9.89. The Bertz CT molecular complexity index is 1140. The van der Waals surface area contributed by atoms with Gasteiger partial charge in [0.05, 0.1) is 12.2 Å². The van der Waals surface area contributed by atoms with Gasteiger partial charge in [-0.25, -0.2) is 13.8 Å². The van der Waals surface area contributed by atoms with Crippen LogP contribution in [0.2, 0.25) is 0 Å². The molecule has 1 atom stereocenters. The van der Waals surface area contributed by atoms with Gasteiger partial charge < -0.3 is 14.9 Å². The SMILES string of the molecule is C=C.O=C(N1CCC[C@H]1c1cccc(F)c1)C1(O)CCN(c2ccnc3c(F)cnn23)CC1. The number of aromatic nitrogens is 3. The zero-order chi connectivity index (χ0) is 23.6. The number of hydrogen-bond donors (Lipinski definition) is 1. The molecular weight excluding hydrogens is 428 g/mol. The summed E-state index contributed by atoms with van der Waals surface area (Å²) in [6.07, 6.45) is 4.69. The van der Waals surface area contributed by atoms with Crippen LogP contribution in [0.5, 0.6) is 0 Å². The second-order valence-corrected chi connectivity index (χ2v) is 8.26. The highest BCUT2D eigenvalue weighted by atomic mass is 19.1. The number of rotatable bonds is 3. The number of nitrogens with zero attached hydrogens (tertiary/aromatic N) is 5. The van der Waals surface area contributed by atoms with Gasteiger partial charge in [-0.3, -0.25) is 4.79 Å². The maximum Gasteiger partial charge on any atom is 0.255 e. The molecule has 9 heteroatoms. The molecule has 1 amide bonds. The Kier molecular flexibility index (Phi) is 6.42. The highest BCUT2D eigenvalue weighted by Gasteiger charge is 2.45. The summed E-state index contributed by atoms with van der Waals surface area (Å²) in [5.74, 6) is -0.461. The molecule has 2 saturated heterocycles. The fourth-order valence-electron chi connectivity index (χ4n) is 4.75. The number of carbonyl (C=O) groups is 1. The number of aliphatic hydroxyl groups is 1. The van der Waals surface area contributed by atoms with E-state index in [2.05, 4.69) is 23.2 Å². The number of likely N-dealkylation sites (tertiary alicyclic amines) is 1. The number of fused-ring (bicyclic) bond motifs is 1. The number of piperidine rings is 1. The lowest BCUT2D eigenvalue weighted by Crippen LogP contribution is -2.55. The van der Waals surface area contributed by atoms with Crippen molar-refractivity contribution in [1.82, 2.24) is 19.5 Å². The zero-order valence-corrected chi connectivity index (χ0v) is 18.3. The average Bonchev–Trinajstić information content (AvgIpc) is 3.48. The van der Waals surface area contributed by atoms with Crippen molar-refractivity contribution in [3.8, 4) is 0 Å². The van der Waals surface area contributed by atoms with Crippen molar-refractivity contribution < 1.29 is 18.7 Å². The van der Waals surface area contributed by atoms with Crippen molar-refractivity contribution in [2.24, 2.45) is 0 Å². The third-order valence-corrected chi connectivity index (χ3v) is 6.40. The molecule has 0 bridgehead atoms. The van der Waals surface area contributed by atoms with Crippen LogP contribution in [0, 0.1) is 11.6 Å². The molecule has 33 heavy (non-hydrogen) atoms. The predicted octanol–water partition coefficient (Wildman–Crippen LogP) is 3.50. The van der Waals surface area contributed by atoms with Gasteiger partial charge in [0, 0.05) is 38.7 Å². The lowest BCUT2D eigenvalue weighted by Gasteiger charge is -2.41. The topological polar surface area (TPSA) is 74.0 Å². The third kappa shape index (κ3) is 4.20. The van der Waals surface area contributed by atoms with Gasteiger partial charge in [-0.05, 0) is 36.6 Å². The van der Waals surface area contributed by atoms with Gasteiger partial charge in [-0.15, -0.1) is 13.2 Å². The first-order valence-corrected chi connectivity index (χ1v) is 11.0. The third-order valence-electron chi connectivity index (χ3n) is 6.40. The van der Waals surface area contributed by atoms with E-state index >= 15 is 0 Å². The minimum Gasteiger partial charge on any atom is -0.380 e. The molecule has 1 aromatic carbocycles.